The number of hydrogen-bond acceptors (Lipinski definition) is 6. The van der Waals surface area contributed by atoms with E-state index in [1.165, 1.54) is 32.1 Å². The van der Waals surface area contributed by atoms with Crippen molar-refractivity contribution in [1.29, 1.82) is 0 Å². The predicted molar refractivity (Wildman–Crippen MR) is 143 cm³/mol. The number of fused-ring (bicyclic) bond motifs is 1. The maximum atomic E-state index is 13.6. The minimum atomic E-state index is -0.298. The van der Waals surface area contributed by atoms with Gasteiger partial charge in [-0.1, -0.05) is 32.3 Å². The summed E-state index contributed by atoms with van der Waals surface area (Å²) in [4.78, 5) is 21.9. The summed E-state index contributed by atoms with van der Waals surface area (Å²) in [6, 6.07) is 6.72. The summed E-state index contributed by atoms with van der Waals surface area (Å²) in [7, 11) is 0. The van der Waals surface area contributed by atoms with Crippen molar-refractivity contribution in [2.45, 2.75) is 90.8 Å². The number of aryl methyl sites for hydroxylation is 2. The molecule has 2 aliphatic rings. The molecule has 1 saturated heterocycles. The van der Waals surface area contributed by atoms with E-state index in [4.69, 9.17) is 0 Å². The molecule has 8 nitrogen and oxygen atoms in total. The first-order valence-electron chi connectivity index (χ1n) is 13.7. The molecule has 194 valence electrons. The van der Waals surface area contributed by atoms with Crippen molar-refractivity contribution in [2.24, 2.45) is 0 Å². The smallest absolute Gasteiger partial charge is 0.253 e. The van der Waals surface area contributed by atoms with E-state index in [9.17, 15) is 4.79 Å². The van der Waals surface area contributed by atoms with E-state index in [1.54, 1.807) is 0 Å². The zero-order valence-corrected chi connectivity index (χ0v) is 22.5. The fourth-order valence-corrected chi connectivity index (χ4v) is 6.14. The first-order valence-corrected chi connectivity index (χ1v) is 13.7. The Labute approximate surface area is 214 Å². The molecule has 2 aromatic heterocycles. The van der Waals surface area contributed by atoms with Gasteiger partial charge in [0.1, 0.15) is 6.04 Å². The van der Waals surface area contributed by atoms with Crippen LogP contribution in [0.15, 0.2) is 23.0 Å². The van der Waals surface area contributed by atoms with Crippen LogP contribution in [-0.2, 0) is 5.54 Å². The van der Waals surface area contributed by atoms with Crippen LogP contribution in [0.2, 0.25) is 0 Å². The van der Waals surface area contributed by atoms with Crippen LogP contribution in [0.4, 0.5) is 0 Å². The number of nitrogens with zero attached hydrogens (tertiary/aromatic N) is 6. The van der Waals surface area contributed by atoms with E-state index in [2.05, 4.69) is 83.1 Å². The molecule has 8 heteroatoms. The van der Waals surface area contributed by atoms with Crippen LogP contribution in [-0.4, -0.2) is 67.2 Å². The molecule has 0 radical (unpaired) electrons. The number of tetrazole rings is 1. The summed E-state index contributed by atoms with van der Waals surface area (Å²) < 4.78 is 1.94. The topological polar surface area (TPSA) is 82.9 Å². The lowest BCUT2D eigenvalue weighted by Crippen LogP contribution is -2.52. The average Bonchev–Trinajstić information content (AvgIpc) is 3.36. The second-order valence-corrected chi connectivity index (χ2v) is 11.5. The quantitative estimate of drug-likeness (QED) is 0.553. The Bertz CT molecular complexity index is 1260. The number of H-pyrrole nitrogens is 1. The van der Waals surface area contributed by atoms with Crippen molar-refractivity contribution in [2.75, 3.05) is 26.2 Å². The third-order valence-corrected chi connectivity index (χ3v) is 8.62. The van der Waals surface area contributed by atoms with Crippen molar-refractivity contribution in [3.05, 3.63) is 51.1 Å². The molecule has 1 atom stereocenters. The first kappa shape index (κ1) is 25.1. The van der Waals surface area contributed by atoms with Crippen LogP contribution >= 0.6 is 0 Å². The van der Waals surface area contributed by atoms with Gasteiger partial charge >= 0.3 is 0 Å². The predicted octanol–water partition coefficient (Wildman–Crippen LogP) is 4.32. The van der Waals surface area contributed by atoms with Crippen molar-refractivity contribution >= 4 is 10.9 Å². The number of aromatic amines is 1. The van der Waals surface area contributed by atoms with Gasteiger partial charge in [0.25, 0.3) is 5.56 Å². The minimum Gasteiger partial charge on any atom is -0.322 e. The lowest BCUT2D eigenvalue weighted by Gasteiger charge is -2.43. The summed E-state index contributed by atoms with van der Waals surface area (Å²) in [5.41, 5.74) is 3.61. The monoisotopic (exact) mass is 491 g/mol. The SMILES string of the molecule is CCC(C)(C)n1nnnc1C(c1cc2c(C)cc(C)cc2[nH]c1=O)N1CCN(C2CCCCC2)CC1. The Morgan fingerprint density at radius 2 is 1.78 bits per heavy atom. The Morgan fingerprint density at radius 3 is 2.47 bits per heavy atom. The molecule has 2 fully saturated rings. The maximum Gasteiger partial charge on any atom is 0.253 e. The van der Waals surface area contributed by atoms with Crippen LogP contribution in [0.5, 0.6) is 0 Å². The Kier molecular flexibility index (Phi) is 7.01. The Morgan fingerprint density at radius 1 is 1.06 bits per heavy atom. The van der Waals surface area contributed by atoms with Gasteiger partial charge in [0.2, 0.25) is 0 Å². The molecular weight excluding hydrogens is 450 g/mol. The number of rotatable bonds is 6. The minimum absolute atomic E-state index is 0.0592. The molecule has 1 unspecified atom stereocenters. The lowest BCUT2D eigenvalue weighted by atomic mass is 9.93. The van der Waals surface area contributed by atoms with Gasteiger partial charge in [0, 0.05) is 48.7 Å². The van der Waals surface area contributed by atoms with Crippen molar-refractivity contribution in [3.8, 4) is 0 Å². The fraction of sp³-hybridized carbons (Fsp3) is 0.643. The summed E-state index contributed by atoms with van der Waals surface area (Å²) in [6.07, 6.45) is 7.59. The van der Waals surface area contributed by atoms with Gasteiger partial charge in [0.15, 0.2) is 5.82 Å². The molecule has 36 heavy (non-hydrogen) atoms. The molecule has 1 N–H and O–H groups in total. The third-order valence-electron chi connectivity index (χ3n) is 8.62. The zero-order chi connectivity index (χ0) is 25.4. The normalized spacial score (nSPS) is 19.7. The molecule has 1 aliphatic carbocycles. The van der Waals surface area contributed by atoms with Gasteiger partial charge in [-0.15, -0.1) is 5.10 Å². The molecule has 3 aromatic rings. The molecular formula is C28H41N7O. The van der Waals surface area contributed by atoms with Gasteiger partial charge in [-0.2, -0.15) is 0 Å². The molecule has 0 amide bonds. The van der Waals surface area contributed by atoms with E-state index in [1.807, 2.05) is 4.68 Å². The summed E-state index contributed by atoms with van der Waals surface area (Å²) in [6.45, 7) is 14.5. The summed E-state index contributed by atoms with van der Waals surface area (Å²) in [5, 5.41) is 14.1. The van der Waals surface area contributed by atoms with E-state index in [-0.39, 0.29) is 17.1 Å². The second-order valence-electron chi connectivity index (χ2n) is 11.5. The van der Waals surface area contributed by atoms with Gasteiger partial charge < -0.3 is 4.98 Å². The van der Waals surface area contributed by atoms with Crippen LogP contribution in [0, 0.1) is 13.8 Å². The van der Waals surface area contributed by atoms with Crippen LogP contribution in [0.1, 0.15) is 87.9 Å². The lowest BCUT2D eigenvalue weighted by molar-refractivity contribution is 0.0603. The molecule has 0 bridgehead atoms. The molecule has 1 aromatic carbocycles. The number of pyridine rings is 1. The van der Waals surface area contributed by atoms with Crippen LogP contribution < -0.4 is 5.56 Å². The van der Waals surface area contributed by atoms with Crippen LogP contribution in [0.25, 0.3) is 10.9 Å². The van der Waals surface area contributed by atoms with E-state index >= 15 is 0 Å². The maximum absolute atomic E-state index is 13.6. The summed E-state index contributed by atoms with van der Waals surface area (Å²) in [5.74, 6) is 0.752. The Balaban J connectivity index is 1.56. The summed E-state index contributed by atoms with van der Waals surface area (Å²) >= 11 is 0. The van der Waals surface area contributed by atoms with Gasteiger partial charge in [0.05, 0.1) is 5.54 Å². The van der Waals surface area contributed by atoms with Gasteiger partial charge in [-0.05, 0) is 80.6 Å². The molecule has 1 aliphatic heterocycles. The molecule has 3 heterocycles. The van der Waals surface area contributed by atoms with Crippen molar-refractivity contribution < 1.29 is 0 Å². The average molecular weight is 492 g/mol. The highest BCUT2D eigenvalue weighted by Gasteiger charge is 2.36. The highest BCUT2D eigenvalue weighted by Crippen LogP contribution is 2.33. The van der Waals surface area contributed by atoms with Gasteiger partial charge in [-0.3, -0.25) is 14.6 Å². The van der Waals surface area contributed by atoms with E-state index in [0.29, 0.717) is 6.04 Å². The molecule has 1 saturated carbocycles. The van der Waals surface area contributed by atoms with E-state index < -0.39 is 0 Å². The van der Waals surface area contributed by atoms with Crippen molar-refractivity contribution in [1.82, 2.24) is 35.0 Å². The zero-order valence-electron chi connectivity index (χ0n) is 22.5. The highest BCUT2D eigenvalue weighted by molar-refractivity contribution is 5.83. The first-order chi connectivity index (χ1) is 17.3. The molecule has 5 rings (SSSR count). The Hall–Kier alpha value is -2.58. The number of aromatic nitrogens is 5. The number of nitrogens with one attached hydrogen (secondary N) is 1. The largest absolute Gasteiger partial charge is 0.322 e. The standard InChI is InChI=1S/C28H41N7O/c1-6-28(4,5)35-26(30-31-32-35)25(34-14-12-33(13-15-34)21-10-8-7-9-11-21)23-18-22-20(3)16-19(2)17-24(22)29-27(23)36/h16-18,21,25H,6-15H2,1-5H3,(H,29,36). The number of benzene rings is 1. The molecule has 0 spiro atoms. The highest BCUT2D eigenvalue weighted by atomic mass is 16.1. The number of hydrogen-bond donors (Lipinski definition) is 1. The van der Waals surface area contributed by atoms with Crippen molar-refractivity contribution in [3.63, 3.8) is 0 Å². The third kappa shape index (κ3) is 4.73. The van der Waals surface area contributed by atoms with Crippen LogP contribution in [0.3, 0.4) is 0 Å². The van der Waals surface area contributed by atoms with Gasteiger partial charge in [-0.25, -0.2) is 4.68 Å². The second kappa shape index (κ2) is 10.1. The number of piperazine rings is 1. The van der Waals surface area contributed by atoms with E-state index in [0.717, 1.165) is 66.0 Å². The fourth-order valence-electron chi connectivity index (χ4n) is 6.14.